The molecule has 0 saturated carbocycles. The van der Waals surface area contributed by atoms with Gasteiger partial charge in [0.05, 0.1) is 12.3 Å². The second-order valence-corrected chi connectivity index (χ2v) is 7.99. The molecular formula is C25H30N4O2. The van der Waals surface area contributed by atoms with Crippen LogP contribution in [0.1, 0.15) is 25.5 Å². The van der Waals surface area contributed by atoms with Crippen LogP contribution in [-0.2, 0) is 6.54 Å². The molecular weight excluding hydrogens is 388 g/mol. The molecule has 0 atom stereocenters. The number of rotatable bonds is 6. The summed E-state index contributed by atoms with van der Waals surface area (Å²) >= 11 is 0. The number of urea groups is 1. The van der Waals surface area contributed by atoms with Gasteiger partial charge in [-0.3, -0.25) is 0 Å². The van der Waals surface area contributed by atoms with Crippen LogP contribution >= 0.6 is 0 Å². The van der Waals surface area contributed by atoms with Crippen molar-refractivity contribution in [3.05, 3.63) is 66.5 Å². The van der Waals surface area contributed by atoms with Crippen LogP contribution in [0.4, 0.5) is 10.5 Å². The summed E-state index contributed by atoms with van der Waals surface area (Å²) in [6.45, 7) is 7.05. The van der Waals surface area contributed by atoms with Crippen molar-refractivity contribution in [3.63, 3.8) is 0 Å². The molecule has 0 radical (unpaired) electrons. The van der Waals surface area contributed by atoms with Crippen molar-refractivity contribution in [1.29, 1.82) is 0 Å². The van der Waals surface area contributed by atoms with Gasteiger partial charge in [-0.25, -0.2) is 9.78 Å². The van der Waals surface area contributed by atoms with Gasteiger partial charge in [0.1, 0.15) is 11.6 Å². The molecule has 0 spiro atoms. The number of hydrogen-bond acceptors (Lipinski definition) is 3. The van der Waals surface area contributed by atoms with Gasteiger partial charge in [-0.2, -0.15) is 0 Å². The van der Waals surface area contributed by atoms with Crippen LogP contribution in [0.15, 0.2) is 60.8 Å². The Morgan fingerprint density at radius 1 is 1.10 bits per heavy atom. The molecule has 4 rings (SSSR count). The molecule has 1 N–H and O–H groups in total. The van der Waals surface area contributed by atoms with Gasteiger partial charge in [0.25, 0.3) is 0 Å². The number of aryl methyl sites for hydroxylation is 1. The number of piperidine rings is 1. The van der Waals surface area contributed by atoms with E-state index in [-0.39, 0.29) is 6.03 Å². The van der Waals surface area contributed by atoms with Gasteiger partial charge in [0.2, 0.25) is 0 Å². The molecule has 2 aromatic carbocycles. The maximum atomic E-state index is 12.8. The number of nitrogens with one attached hydrogen (secondary N) is 1. The topological polar surface area (TPSA) is 59.4 Å². The number of aromatic nitrogens is 2. The molecule has 3 aromatic rings. The number of carbonyl (C=O) groups excluding carboxylic acids is 1. The minimum atomic E-state index is -0.0608. The summed E-state index contributed by atoms with van der Waals surface area (Å²) in [7, 11) is 0. The number of likely N-dealkylation sites (tertiary alicyclic amines) is 1. The number of ether oxygens (including phenoxy) is 1. The lowest BCUT2D eigenvalue weighted by atomic mass is 9.96. The molecule has 31 heavy (non-hydrogen) atoms. The van der Waals surface area contributed by atoms with Crippen LogP contribution in [-0.4, -0.2) is 40.2 Å². The number of imidazole rings is 1. The van der Waals surface area contributed by atoms with E-state index in [1.807, 2.05) is 60.5 Å². The average Bonchev–Trinajstić information content (AvgIpc) is 3.16. The summed E-state index contributed by atoms with van der Waals surface area (Å²) in [5, 5.41) is 3.01. The van der Waals surface area contributed by atoms with Gasteiger partial charge < -0.3 is 19.5 Å². The number of carbonyl (C=O) groups is 1. The van der Waals surface area contributed by atoms with Crippen molar-refractivity contribution >= 4 is 11.7 Å². The second-order valence-electron chi connectivity index (χ2n) is 7.99. The van der Waals surface area contributed by atoms with Crippen molar-refractivity contribution in [2.24, 2.45) is 5.92 Å². The SMILES string of the molecule is CCOc1ccccc1NC(=O)N1CCC(Cn2c(C)cnc2-c2ccccc2)CC1. The van der Waals surface area contributed by atoms with E-state index in [1.54, 1.807) is 0 Å². The second kappa shape index (κ2) is 9.69. The highest BCUT2D eigenvalue weighted by Gasteiger charge is 2.25. The van der Waals surface area contributed by atoms with Crippen molar-refractivity contribution < 1.29 is 9.53 Å². The first-order valence-corrected chi connectivity index (χ1v) is 11.0. The molecule has 0 aliphatic carbocycles. The molecule has 2 heterocycles. The van der Waals surface area contributed by atoms with Gasteiger partial charge in [0.15, 0.2) is 0 Å². The fraction of sp³-hybridized carbons (Fsp3) is 0.360. The lowest BCUT2D eigenvalue weighted by Crippen LogP contribution is -2.41. The Labute approximate surface area is 183 Å². The predicted octanol–water partition coefficient (Wildman–Crippen LogP) is 5.20. The fourth-order valence-electron chi connectivity index (χ4n) is 4.13. The zero-order valence-electron chi connectivity index (χ0n) is 18.3. The molecule has 0 bridgehead atoms. The van der Waals surface area contributed by atoms with E-state index in [4.69, 9.17) is 4.74 Å². The monoisotopic (exact) mass is 418 g/mol. The van der Waals surface area contributed by atoms with Crippen LogP contribution in [0.5, 0.6) is 5.75 Å². The molecule has 2 amide bonds. The fourth-order valence-corrected chi connectivity index (χ4v) is 4.13. The van der Waals surface area contributed by atoms with E-state index in [0.29, 0.717) is 18.3 Å². The van der Waals surface area contributed by atoms with Gasteiger partial charge in [-0.1, -0.05) is 42.5 Å². The summed E-state index contributed by atoms with van der Waals surface area (Å²) in [6.07, 6.45) is 3.90. The van der Waals surface area contributed by atoms with Crippen LogP contribution in [0, 0.1) is 12.8 Å². The number of amides is 2. The first kappa shape index (κ1) is 21.0. The van der Waals surface area contributed by atoms with Crippen molar-refractivity contribution in [2.45, 2.75) is 33.2 Å². The van der Waals surface area contributed by atoms with E-state index in [2.05, 4.69) is 33.9 Å². The van der Waals surface area contributed by atoms with E-state index < -0.39 is 0 Å². The average molecular weight is 419 g/mol. The molecule has 1 aliphatic rings. The van der Waals surface area contributed by atoms with Gasteiger partial charge in [-0.05, 0) is 44.7 Å². The number of nitrogens with zero attached hydrogens (tertiary/aromatic N) is 3. The Morgan fingerprint density at radius 2 is 1.81 bits per heavy atom. The third-order valence-electron chi connectivity index (χ3n) is 5.86. The molecule has 6 nitrogen and oxygen atoms in total. The molecule has 1 aliphatic heterocycles. The maximum absolute atomic E-state index is 12.8. The maximum Gasteiger partial charge on any atom is 0.321 e. The van der Waals surface area contributed by atoms with E-state index in [9.17, 15) is 4.79 Å². The highest BCUT2D eigenvalue weighted by Crippen LogP contribution is 2.27. The van der Waals surface area contributed by atoms with Crippen LogP contribution in [0.3, 0.4) is 0 Å². The minimum Gasteiger partial charge on any atom is -0.492 e. The smallest absolute Gasteiger partial charge is 0.321 e. The Kier molecular flexibility index (Phi) is 6.55. The first-order valence-electron chi connectivity index (χ1n) is 11.0. The molecule has 1 saturated heterocycles. The van der Waals surface area contributed by atoms with E-state index >= 15 is 0 Å². The highest BCUT2D eigenvalue weighted by atomic mass is 16.5. The van der Waals surface area contributed by atoms with Gasteiger partial charge in [-0.15, -0.1) is 0 Å². The van der Waals surface area contributed by atoms with Gasteiger partial charge >= 0.3 is 6.03 Å². The Balaban J connectivity index is 1.36. The standard InChI is InChI=1S/C25H30N4O2/c1-3-31-23-12-8-7-11-22(23)27-25(30)28-15-13-20(14-16-28)18-29-19(2)17-26-24(29)21-9-5-4-6-10-21/h4-12,17,20H,3,13-16,18H2,1-2H3,(H,27,30). The van der Waals surface area contributed by atoms with Gasteiger partial charge in [0, 0.05) is 37.1 Å². The van der Waals surface area contributed by atoms with Crippen molar-refractivity contribution in [1.82, 2.24) is 14.5 Å². The largest absolute Gasteiger partial charge is 0.492 e. The van der Waals surface area contributed by atoms with Crippen molar-refractivity contribution in [2.75, 3.05) is 25.0 Å². The molecule has 162 valence electrons. The minimum absolute atomic E-state index is 0.0608. The van der Waals surface area contributed by atoms with Crippen LogP contribution in [0.25, 0.3) is 11.4 Å². The third kappa shape index (κ3) is 4.90. The quantitative estimate of drug-likeness (QED) is 0.598. The Bertz CT molecular complexity index is 1010. The number of para-hydroxylation sites is 2. The number of hydrogen-bond donors (Lipinski definition) is 1. The first-order chi connectivity index (χ1) is 15.2. The predicted molar refractivity (Wildman–Crippen MR) is 123 cm³/mol. The third-order valence-corrected chi connectivity index (χ3v) is 5.86. The summed E-state index contributed by atoms with van der Waals surface area (Å²) in [6, 6.07) is 17.8. The Morgan fingerprint density at radius 3 is 2.55 bits per heavy atom. The molecule has 0 unspecified atom stereocenters. The van der Waals surface area contributed by atoms with E-state index in [1.165, 1.54) is 5.69 Å². The summed E-state index contributed by atoms with van der Waals surface area (Å²) in [5.41, 5.74) is 3.03. The molecule has 6 heteroatoms. The van der Waals surface area contributed by atoms with E-state index in [0.717, 1.165) is 49.6 Å². The summed E-state index contributed by atoms with van der Waals surface area (Å²) in [5.74, 6) is 2.25. The van der Waals surface area contributed by atoms with Crippen LogP contribution in [0.2, 0.25) is 0 Å². The zero-order valence-corrected chi connectivity index (χ0v) is 18.3. The Hall–Kier alpha value is -3.28. The summed E-state index contributed by atoms with van der Waals surface area (Å²) < 4.78 is 7.93. The zero-order chi connectivity index (χ0) is 21.6. The lowest BCUT2D eigenvalue weighted by Gasteiger charge is -2.32. The highest BCUT2D eigenvalue weighted by molar-refractivity contribution is 5.91. The lowest BCUT2D eigenvalue weighted by molar-refractivity contribution is 0.177. The van der Waals surface area contributed by atoms with Crippen molar-refractivity contribution in [3.8, 4) is 17.1 Å². The molecule has 1 fully saturated rings. The normalized spacial score (nSPS) is 14.5. The van der Waals surface area contributed by atoms with Crippen LogP contribution < -0.4 is 10.1 Å². The molecule has 1 aromatic heterocycles. The summed E-state index contributed by atoms with van der Waals surface area (Å²) in [4.78, 5) is 19.3. The number of anilines is 1. The number of benzene rings is 2.